The zero-order valence-corrected chi connectivity index (χ0v) is 18.3. The second-order valence-electron chi connectivity index (χ2n) is 7.78. The summed E-state index contributed by atoms with van der Waals surface area (Å²) in [5, 5.41) is 9.09. The lowest BCUT2D eigenvalue weighted by atomic mass is 10.1. The van der Waals surface area contributed by atoms with Gasteiger partial charge in [0.1, 0.15) is 23.5 Å². The molecule has 1 N–H and O–H groups in total. The van der Waals surface area contributed by atoms with Gasteiger partial charge in [-0.1, -0.05) is 0 Å². The first-order chi connectivity index (χ1) is 14.5. The smallest absolute Gasteiger partial charge is 0.338 e. The molecule has 166 valence electrons. The fourth-order valence-corrected chi connectivity index (χ4v) is 2.82. The Balaban J connectivity index is 2.35. The molecule has 1 amide bonds. The average molecular weight is 429 g/mol. The molecule has 0 heterocycles. The number of ether oxygens (including phenoxy) is 3. The van der Waals surface area contributed by atoms with Crippen LogP contribution in [-0.4, -0.2) is 42.8 Å². The number of carbonyl (C=O) groups is 3. The quantitative estimate of drug-likeness (QED) is 0.504. The molecule has 31 heavy (non-hydrogen) atoms. The van der Waals surface area contributed by atoms with Gasteiger partial charge in [0.25, 0.3) is 0 Å². The lowest BCUT2D eigenvalue weighted by Crippen LogP contribution is -2.32. The van der Waals surface area contributed by atoms with Gasteiger partial charge in [0.05, 0.1) is 26.3 Å². The van der Waals surface area contributed by atoms with E-state index in [0.717, 1.165) is 0 Å². The third-order valence-corrected chi connectivity index (χ3v) is 4.24. The summed E-state index contributed by atoms with van der Waals surface area (Å²) in [6.45, 7) is 5.39. The van der Waals surface area contributed by atoms with Crippen molar-refractivity contribution in [2.75, 3.05) is 19.1 Å². The summed E-state index contributed by atoms with van der Waals surface area (Å²) in [5.74, 6) is -1.24. The Morgan fingerprint density at radius 2 is 1.61 bits per heavy atom. The normalized spacial score (nSPS) is 10.9. The van der Waals surface area contributed by atoms with Crippen LogP contribution in [0.25, 0.3) is 0 Å². The molecular formula is C23H27NO7. The summed E-state index contributed by atoms with van der Waals surface area (Å²) in [6, 6.07) is 11.4. The van der Waals surface area contributed by atoms with Crippen LogP contribution in [-0.2, 0) is 20.9 Å². The van der Waals surface area contributed by atoms with Gasteiger partial charge in [-0.05, 0) is 57.2 Å². The predicted molar refractivity (Wildman–Crippen MR) is 115 cm³/mol. The predicted octanol–water partition coefficient (Wildman–Crippen LogP) is 3.67. The number of hydrogen-bond acceptors (Lipinski definition) is 6. The minimum Gasteiger partial charge on any atom is -0.497 e. The summed E-state index contributed by atoms with van der Waals surface area (Å²) in [4.78, 5) is 37.4. The molecule has 8 nitrogen and oxygen atoms in total. The van der Waals surface area contributed by atoms with Gasteiger partial charge < -0.3 is 24.2 Å². The maximum Gasteiger partial charge on any atom is 0.338 e. The highest BCUT2D eigenvalue weighted by molar-refractivity contribution is 6.03. The fraction of sp³-hybridized carbons (Fsp3) is 0.348. The standard InChI is InChI=1S/C23H27NO7/c1-23(2,3)31-22(28)15-6-9-17(10-7-15)24(20(25)13-21(26)27)14-16-8-11-18(29-4)12-19(16)30-5/h6-12H,13-14H2,1-5H3,(H,26,27). The average Bonchev–Trinajstić information content (AvgIpc) is 2.70. The van der Waals surface area contributed by atoms with E-state index in [-0.39, 0.29) is 6.54 Å². The molecule has 2 aromatic rings. The van der Waals surface area contributed by atoms with Gasteiger partial charge in [0.15, 0.2) is 0 Å². The molecule has 8 heteroatoms. The summed E-state index contributed by atoms with van der Waals surface area (Å²) in [7, 11) is 3.03. The van der Waals surface area contributed by atoms with Crippen molar-refractivity contribution in [1.82, 2.24) is 0 Å². The molecule has 0 bridgehead atoms. The lowest BCUT2D eigenvalue weighted by molar-refractivity contribution is -0.140. The number of benzene rings is 2. The Hall–Kier alpha value is -3.55. The number of esters is 1. The molecule has 0 aliphatic heterocycles. The van der Waals surface area contributed by atoms with Gasteiger partial charge in [0.2, 0.25) is 5.91 Å². The summed E-state index contributed by atoms with van der Waals surface area (Å²) < 4.78 is 15.9. The number of anilines is 1. The fourth-order valence-electron chi connectivity index (χ4n) is 2.82. The molecule has 0 aliphatic carbocycles. The van der Waals surface area contributed by atoms with E-state index in [4.69, 9.17) is 19.3 Å². The number of carboxylic acid groups (broad SMARTS) is 1. The second kappa shape index (κ2) is 9.97. The molecule has 2 rings (SSSR count). The second-order valence-corrected chi connectivity index (χ2v) is 7.78. The Kier molecular flexibility index (Phi) is 7.63. The number of aliphatic carboxylic acids is 1. The first kappa shape index (κ1) is 23.7. The summed E-state index contributed by atoms with van der Waals surface area (Å²) >= 11 is 0. The van der Waals surface area contributed by atoms with Crippen LogP contribution in [0, 0.1) is 0 Å². The van der Waals surface area contributed by atoms with E-state index < -0.39 is 29.9 Å². The van der Waals surface area contributed by atoms with E-state index in [9.17, 15) is 14.4 Å². The molecule has 0 saturated heterocycles. The number of amides is 1. The largest absolute Gasteiger partial charge is 0.497 e. The van der Waals surface area contributed by atoms with Crippen molar-refractivity contribution in [3.63, 3.8) is 0 Å². The van der Waals surface area contributed by atoms with Gasteiger partial charge in [-0.15, -0.1) is 0 Å². The Bertz CT molecular complexity index is 945. The SMILES string of the molecule is COc1ccc(CN(C(=O)CC(=O)O)c2ccc(C(=O)OC(C)(C)C)cc2)c(OC)c1. The minimum absolute atomic E-state index is 0.0745. The number of hydrogen-bond donors (Lipinski definition) is 1. The number of carbonyl (C=O) groups excluding carboxylic acids is 2. The van der Waals surface area contributed by atoms with E-state index in [1.807, 2.05) is 0 Å². The van der Waals surface area contributed by atoms with Crippen LogP contribution in [0.2, 0.25) is 0 Å². The van der Waals surface area contributed by atoms with Crippen LogP contribution in [0.5, 0.6) is 11.5 Å². The number of rotatable bonds is 8. The van der Waals surface area contributed by atoms with Gasteiger partial charge in [-0.25, -0.2) is 4.79 Å². The molecule has 0 spiro atoms. The number of methoxy groups -OCH3 is 2. The molecule has 0 atom stereocenters. The number of nitrogens with zero attached hydrogens (tertiary/aromatic N) is 1. The molecule has 0 unspecified atom stereocenters. The third-order valence-electron chi connectivity index (χ3n) is 4.24. The zero-order chi connectivity index (χ0) is 23.2. The molecule has 0 saturated carbocycles. The molecule has 0 aromatic heterocycles. The van der Waals surface area contributed by atoms with Crippen molar-refractivity contribution in [3.05, 3.63) is 53.6 Å². The van der Waals surface area contributed by atoms with Crippen LogP contribution in [0.1, 0.15) is 43.1 Å². The van der Waals surface area contributed by atoms with Crippen molar-refractivity contribution in [1.29, 1.82) is 0 Å². The molecular weight excluding hydrogens is 402 g/mol. The van der Waals surface area contributed by atoms with Crippen molar-refractivity contribution in [3.8, 4) is 11.5 Å². The van der Waals surface area contributed by atoms with E-state index in [2.05, 4.69) is 0 Å². The maximum atomic E-state index is 12.7. The van der Waals surface area contributed by atoms with E-state index in [1.54, 1.807) is 51.1 Å². The van der Waals surface area contributed by atoms with Gasteiger partial charge in [-0.3, -0.25) is 9.59 Å². The van der Waals surface area contributed by atoms with E-state index >= 15 is 0 Å². The molecule has 0 radical (unpaired) electrons. The van der Waals surface area contributed by atoms with Crippen LogP contribution in [0.3, 0.4) is 0 Å². The molecule has 0 aliphatic rings. The van der Waals surface area contributed by atoms with E-state index in [0.29, 0.717) is 28.3 Å². The highest BCUT2D eigenvalue weighted by Gasteiger charge is 2.22. The van der Waals surface area contributed by atoms with Crippen LogP contribution >= 0.6 is 0 Å². The lowest BCUT2D eigenvalue weighted by Gasteiger charge is -2.24. The zero-order valence-electron chi connectivity index (χ0n) is 18.3. The topological polar surface area (TPSA) is 102 Å². The highest BCUT2D eigenvalue weighted by Crippen LogP contribution is 2.28. The van der Waals surface area contributed by atoms with Gasteiger partial charge in [-0.2, -0.15) is 0 Å². The van der Waals surface area contributed by atoms with E-state index in [1.165, 1.54) is 31.3 Å². The van der Waals surface area contributed by atoms with Crippen LogP contribution in [0.15, 0.2) is 42.5 Å². The van der Waals surface area contributed by atoms with Crippen molar-refractivity contribution < 1.29 is 33.7 Å². The maximum absolute atomic E-state index is 12.7. The van der Waals surface area contributed by atoms with Crippen LogP contribution in [0.4, 0.5) is 5.69 Å². The summed E-state index contributed by atoms with van der Waals surface area (Å²) in [6.07, 6.45) is -0.674. The monoisotopic (exact) mass is 429 g/mol. The third kappa shape index (κ3) is 6.74. The van der Waals surface area contributed by atoms with Gasteiger partial charge >= 0.3 is 11.9 Å². The summed E-state index contributed by atoms with van der Waals surface area (Å²) in [5.41, 5.74) is 0.797. The Labute approximate surface area is 181 Å². The Morgan fingerprint density at radius 1 is 0.968 bits per heavy atom. The first-order valence-electron chi connectivity index (χ1n) is 9.60. The first-order valence-corrected chi connectivity index (χ1v) is 9.60. The molecule has 0 fully saturated rings. The number of carboxylic acids is 1. The minimum atomic E-state index is -1.23. The van der Waals surface area contributed by atoms with Crippen molar-refractivity contribution >= 4 is 23.5 Å². The van der Waals surface area contributed by atoms with Crippen LogP contribution < -0.4 is 14.4 Å². The highest BCUT2D eigenvalue weighted by atomic mass is 16.6. The van der Waals surface area contributed by atoms with Crippen molar-refractivity contribution in [2.24, 2.45) is 0 Å². The van der Waals surface area contributed by atoms with Gasteiger partial charge in [0, 0.05) is 17.3 Å². The molecule has 2 aromatic carbocycles. The van der Waals surface area contributed by atoms with Crippen molar-refractivity contribution in [2.45, 2.75) is 39.3 Å². The Morgan fingerprint density at radius 3 is 2.13 bits per heavy atom.